The maximum atomic E-state index is 11.8. The molecule has 1 amide bonds. The molecule has 1 saturated heterocycles. The molecule has 1 fully saturated rings. The van der Waals surface area contributed by atoms with Crippen molar-refractivity contribution in [3.05, 3.63) is 0 Å². The standard InChI is InChI=1S/C12H22N2O5S/c1-3-9(2)13-11(15)7-14-4-5-20(18,19)8-10(14)6-12(16)17/h9-10H,3-8H2,1-2H3,(H,13,15)(H,16,17). The number of carbonyl (C=O) groups excluding carboxylic acids is 1. The average molecular weight is 306 g/mol. The van der Waals surface area contributed by atoms with Gasteiger partial charge in [0.05, 0.1) is 24.5 Å². The number of carboxylic acid groups (broad SMARTS) is 1. The smallest absolute Gasteiger partial charge is 0.304 e. The minimum absolute atomic E-state index is 0.0280. The van der Waals surface area contributed by atoms with E-state index < -0.39 is 21.8 Å². The van der Waals surface area contributed by atoms with E-state index in [9.17, 15) is 18.0 Å². The number of sulfone groups is 1. The van der Waals surface area contributed by atoms with Gasteiger partial charge in [0.25, 0.3) is 0 Å². The van der Waals surface area contributed by atoms with Crippen LogP contribution < -0.4 is 5.32 Å². The van der Waals surface area contributed by atoms with Gasteiger partial charge in [0.15, 0.2) is 9.84 Å². The van der Waals surface area contributed by atoms with Crippen LogP contribution in [0.1, 0.15) is 26.7 Å². The summed E-state index contributed by atoms with van der Waals surface area (Å²) in [5, 5.41) is 11.6. The van der Waals surface area contributed by atoms with Gasteiger partial charge in [-0.05, 0) is 13.3 Å². The fourth-order valence-electron chi connectivity index (χ4n) is 2.13. The molecular weight excluding hydrogens is 284 g/mol. The first-order chi connectivity index (χ1) is 9.23. The number of nitrogens with one attached hydrogen (secondary N) is 1. The molecule has 7 nitrogen and oxygen atoms in total. The highest BCUT2D eigenvalue weighted by Crippen LogP contribution is 2.14. The lowest BCUT2D eigenvalue weighted by atomic mass is 10.2. The van der Waals surface area contributed by atoms with Crippen LogP contribution in [0, 0.1) is 0 Å². The van der Waals surface area contributed by atoms with Crippen molar-refractivity contribution in [1.82, 2.24) is 10.2 Å². The van der Waals surface area contributed by atoms with Crippen LogP contribution in [0.15, 0.2) is 0 Å². The Morgan fingerprint density at radius 3 is 2.65 bits per heavy atom. The third-order valence-electron chi connectivity index (χ3n) is 3.43. The van der Waals surface area contributed by atoms with Crippen LogP contribution in [0.25, 0.3) is 0 Å². The summed E-state index contributed by atoms with van der Waals surface area (Å²) in [7, 11) is -3.21. The van der Waals surface area contributed by atoms with E-state index in [1.165, 1.54) is 0 Å². The molecule has 0 aromatic heterocycles. The van der Waals surface area contributed by atoms with Crippen LogP contribution in [0.2, 0.25) is 0 Å². The number of nitrogens with zero attached hydrogens (tertiary/aromatic N) is 1. The molecule has 0 aliphatic carbocycles. The van der Waals surface area contributed by atoms with Gasteiger partial charge in [-0.25, -0.2) is 8.42 Å². The summed E-state index contributed by atoms with van der Waals surface area (Å²) in [4.78, 5) is 24.3. The molecule has 1 aliphatic heterocycles. The fourth-order valence-corrected chi connectivity index (χ4v) is 3.72. The van der Waals surface area contributed by atoms with Crippen LogP contribution in [0.4, 0.5) is 0 Å². The Balaban J connectivity index is 2.66. The summed E-state index contributed by atoms with van der Waals surface area (Å²) in [6.45, 7) is 4.07. The van der Waals surface area contributed by atoms with Crippen molar-refractivity contribution in [2.24, 2.45) is 0 Å². The first-order valence-electron chi connectivity index (χ1n) is 6.69. The SMILES string of the molecule is CCC(C)NC(=O)CN1CCS(=O)(=O)CC1CC(=O)O. The average Bonchev–Trinajstić information content (AvgIpc) is 2.31. The zero-order valence-corrected chi connectivity index (χ0v) is 12.6. The van der Waals surface area contributed by atoms with E-state index >= 15 is 0 Å². The van der Waals surface area contributed by atoms with Crippen molar-refractivity contribution in [2.45, 2.75) is 38.8 Å². The summed E-state index contributed by atoms with van der Waals surface area (Å²) < 4.78 is 23.2. The summed E-state index contributed by atoms with van der Waals surface area (Å²) in [5.41, 5.74) is 0. The van der Waals surface area contributed by atoms with Gasteiger partial charge in [0.1, 0.15) is 0 Å². The van der Waals surface area contributed by atoms with E-state index in [-0.39, 0.29) is 43.0 Å². The van der Waals surface area contributed by atoms with E-state index in [0.717, 1.165) is 6.42 Å². The molecule has 0 bridgehead atoms. The maximum absolute atomic E-state index is 11.8. The molecule has 0 radical (unpaired) electrons. The Labute approximate surface area is 119 Å². The van der Waals surface area contributed by atoms with Gasteiger partial charge < -0.3 is 10.4 Å². The van der Waals surface area contributed by atoms with E-state index in [4.69, 9.17) is 5.11 Å². The predicted molar refractivity (Wildman–Crippen MR) is 74.2 cm³/mol. The second kappa shape index (κ2) is 7.03. The lowest BCUT2D eigenvalue weighted by Crippen LogP contribution is -2.53. The molecule has 1 aliphatic rings. The molecule has 2 atom stereocenters. The van der Waals surface area contributed by atoms with Gasteiger partial charge in [0.2, 0.25) is 5.91 Å². The highest BCUT2D eigenvalue weighted by atomic mass is 32.2. The molecule has 116 valence electrons. The molecule has 0 spiro atoms. The van der Waals surface area contributed by atoms with E-state index in [1.54, 1.807) is 4.90 Å². The summed E-state index contributed by atoms with van der Waals surface area (Å²) in [6.07, 6.45) is 0.536. The predicted octanol–water partition coefficient (Wildman–Crippen LogP) is -0.525. The van der Waals surface area contributed by atoms with E-state index in [0.29, 0.717) is 0 Å². The van der Waals surface area contributed by atoms with Gasteiger partial charge >= 0.3 is 5.97 Å². The Morgan fingerprint density at radius 1 is 1.45 bits per heavy atom. The van der Waals surface area contributed by atoms with Crippen molar-refractivity contribution in [3.63, 3.8) is 0 Å². The highest BCUT2D eigenvalue weighted by molar-refractivity contribution is 7.91. The van der Waals surface area contributed by atoms with Crippen molar-refractivity contribution in [3.8, 4) is 0 Å². The van der Waals surface area contributed by atoms with Gasteiger partial charge in [-0.2, -0.15) is 0 Å². The number of hydrogen-bond acceptors (Lipinski definition) is 5. The Kier molecular flexibility index (Phi) is 5.94. The van der Waals surface area contributed by atoms with Crippen molar-refractivity contribution in [2.75, 3.05) is 24.6 Å². The minimum atomic E-state index is -3.21. The Hall–Kier alpha value is -1.15. The number of amides is 1. The van der Waals surface area contributed by atoms with Crippen LogP contribution in [0.3, 0.4) is 0 Å². The monoisotopic (exact) mass is 306 g/mol. The second-order valence-electron chi connectivity index (χ2n) is 5.21. The van der Waals surface area contributed by atoms with Crippen LogP contribution in [-0.2, 0) is 19.4 Å². The number of rotatable bonds is 6. The van der Waals surface area contributed by atoms with Gasteiger partial charge in [0, 0.05) is 18.6 Å². The van der Waals surface area contributed by atoms with Crippen LogP contribution >= 0.6 is 0 Å². The molecule has 0 aromatic rings. The molecule has 2 unspecified atom stereocenters. The van der Waals surface area contributed by atoms with Crippen LogP contribution in [-0.4, -0.2) is 67.0 Å². The molecule has 0 saturated carbocycles. The van der Waals surface area contributed by atoms with E-state index in [2.05, 4.69) is 5.32 Å². The van der Waals surface area contributed by atoms with Gasteiger partial charge in [-0.15, -0.1) is 0 Å². The van der Waals surface area contributed by atoms with Crippen LogP contribution in [0.5, 0.6) is 0 Å². The van der Waals surface area contributed by atoms with Crippen molar-refractivity contribution < 1.29 is 23.1 Å². The third-order valence-corrected chi connectivity index (χ3v) is 5.13. The third kappa shape index (κ3) is 5.46. The zero-order valence-electron chi connectivity index (χ0n) is 11.8. The minimum Gasteiger partial charge on any atom is -0.481 e. The molecule has 20 heavy (non-hydrogen) atoms. The zero-order chi connectivity index (χ0) is 15.3. The van der Waals surface area contributed by atoms with Crippen molar-refractivity contribution >= 4 is 21.7 Å². The summed E-state index contributed by atoms with van der Waals surface area (Å²) in [6, 6.07) is -0.581. The number of carbonyl (C=O) groups is 2. The van der Waals surface area contributed by atoms with Gasteiger partial charge in [-0.3, -0.25) is 14.5 Å². The number of hydrogen-bond donors (Lipinski definition) is 2. The Bertz CT molecular complexity index is 462. The molecular formula is C12H22N2O5S. The molecule has 1 rings (SSSR count). The highest BCUT2D eigenvalue weighted by Gasteiger charge is 2.33. The lowest BCUT2D eigenvalue weighted by molar-refractivity contribution is -0.139. The van der Waals surface area contributed by atoms with Crippen molar-refractivity contribution in [1.29, 1.82) is 0 Å². The molecule has 0 aromatic carbocycles. The molecule has 1 heterocycles. The molecule has 2 N–H and O–H groups in total. The topological polar surface area (TPSA) is 104 Å². The number of aliphatic carboxylic acids is 1. The quantitative estimate of drug-likeness (QED) is 0.684. The fraction of sp³-hybridized carbons (Fsp3) is 0.833. The molecule has 8 heteroatoms. The summed E-state index contributed by atoms with van der Waals surface area (Å²) >= 11 is 0. The summed E-state index contributed by atoms with van der Waals surface area (Å²) in [5.74, 6) is -1.48. The first-order valence-corrected chi connectivity index (χ1v) is 8.51. The maximum Gasteiger partial charge on any atom is 0.304 e. The number of carboxylic acids is 1. The van der Waals surface area contributed by atoms with Gasteiger partial charge in [-0.1, -0.05) is 6.92 Å². The first kappa shape index (κ1) is 16.9. The lowest BCUT2D eigenvalue weighted by Gasteiger charge is -2.34. The largest absolute Gasteiger partial charge is 0.481 e. The van der Waals surface area contributed by atoms with E-state index in [1.807, 2.05) is 13.8 Å². The normalized spacial score (nSPS) is 24.0. The Morgan fingerprint density at radius 2 is 2.10 bits per heavy atom. The second-order valence-corrected chi connectivity index (χ2v) is 7.44.